The number of nitrogens with zero attached hydrogens (tertiary/aromatic N) is 3. The Morgan fingerprint density at radius 2 is 2.00 bits per heavy atom. The molecule has 0 aliphatic heterocycles. The topological polar surface area (TPSA) is 76.7 Å². The molecule has 3 aromatic rings. The summed E-state index contributed by atoms with van der Waals surface area (Å²) >= 11 is 1.66. The van der Waals surface area contributed by atoms with Crippen molar-refractivity contribution in [2.45, 2.75) is 20.8 Å². The van der Waals surface area contributed by atoms with E-state index >= 15 is 0 Å². The van der Waals surface area contributed by atoms with Crippen LogP contribution in [0.4, 0.5) is 5.82 Å². The molecule has 0 aromatic carbocycles. The van der Waals surface area contributed by atoms with Gasteiger partial charge in [-0.2, -0.15) is 0 Å². The first kappa shape index (κ1) is 13.0. The Kier molecular flexibility index (Phi) is 3.11. The maximum atomic E-state index is 5.63. The summed E-state index contributed by atoms with van der Waals surface area (Å²) in [4.78, 5) is 15.5. The van der Waals surface area contributed by atoms with Crippen molar-refractivity contribution >= 4 is 27.4 Å². The highest BCUT2D eigenvalue weighted by molar-refractivity contribution is 7.18. The molecule has 3 aromatic heterocycles. The standard InChI is InChI=1S/C14H15N5S/c1-7-4-5-16-6-10(7)12-17-13(19-15)11-8(2)9(3)20-14(11)18-12/h4-6H,15H2,1-3H3,(H,17,18,19). The second-order valence-electron chi connectivity index (χ2n) is 4.69. The van der Waals surface area contributed by atoms with Crippen molar-refractivity contribution < 1.29 is 0 Å². The zero-order valence-electron chi connectivity index (χ0n) is 11.6. The van der Waals surface area contributed by atoms with Crippen molar-refractivity contribution in [1.82, 2.24) is 15.0 Å². The summed E-state index contributed by atoms with van der Waals surface area (Å²) in [6.07, 6.45) is 3.54. The summed E-state index contributed by atoms with van der Waals surface area (Å²) in [5.41, 5.74) is 5.88. The second-order valence-corrected chi connectivity index (χ2v) is 5.90. The van der Waals surface area contributed by atoms with Gasteiger partial charge in [0.05, 0.1) is 5.39 Å². The molecular formula is C14H15N5S. The van der Waals surface area contributed by atoms with Crippen LogP contribution in [-0.4, -0.2) is 15.0 Å². The average molecular weight is 285 g/mol. The SMILES string of the molecule is Cc1ccncc1-c1nc(NN)c2c(C)c(C)sc2n1. The molecule has 0 atom stereocenters. The number of aryl methyl sites for hydroxylation is 3. The molecule has 102 valence electrons. The summed E-state index contributed by atoms with van der Waals surface area (Å²) in [5.74, 6) is 6.94. The number of hydrazine groups is 1. The molecule has 0 aliphatic carbocycles. The van der Waals surface area contributed by atoms with Gasteiger partial charge in [-0.15, -0.1) is 11.3 Å². The third-order valence-corrected chi connectivity index (χ3v) is 4.55. The fourth-order valence-corrected chi connectivity index (χ4v) is 3.20. The van der Waals surface area contributed by atoms with Crippen molar-refractivity contribution in [3.05, 3.63) is 34.5 Å². The Hall–Kier alpha value is -2.05. The summed E-state index contributed by atoms with van der Waals surface area (Å²) < 4.78 is 0. The van der Waals surface area contributed by atoms with Gasteiger partial charge < -0.3 is 5.43 Å². The van der Waals surface area contributed by atoms with Crippen molar-refractivity contribution in [2.75, 3.05) is 5.43 Å². The first-order valence-corrected chi connectivity index (χ1v) is 7.08. The summed E-state index contributed by atoms with van der Waals surface area (Å²) in [6.45, 7) is 6.16. The van der Waals surface area contributed by atoms with Gasteiger partial charge in [0.1, 0.15) is 4.83 Å². The Labute approximate surface area is 120 Å². The van der Waals surface area contributed by atoms with E-state index in [-0.39, 0.29) is 0 Å². The number of anilines is 1. The normalized spacial score (nSPS) is 11.0. The molecule has 0 amide bonds. The number of hydrogen-bond donors (Lipinski definition) is 2. The van der Waals surface area contributed by atoms with E-state index in [4.69, 9.17) is 5.84 Å². The number of nitrogens with one attached hydrogen (secondary N) is 1. The molecular weight excluding hydrogens is 270 g/mol. The van der Waals surface area contributed by atoms with E-state index in [0.29, 0.717) is 11.6 Å². The fraction of sp³-hybridized carbons (Fsp3) is 0.214. The number of aromatic nitrogens is 3. The van der Waals surface area contributed by atoms with E-state index in [1.807, 2.05) is 13.0 Å². The van der Waals surface area contributed by atoms with Gasteiger partial charge in [-0.25, -0.2) is 15.8 Å². The lowest BCUT2D eigenvalue weighted by atomic mass is 10.1. The first-order valence-electron chi connectivity index (χ1n) is 6.27. The zero-order valence-corrected chi connectivity index (χ0v) is 12.4. The van der Waals surface area contributed by atoms with E-state index < -0.39 is 0 Å². The predicted molar refractivity (Wildman–Crippen MR) is 82.7 cm³/mol. The molecule has 3 rings (SSSR count). The lowest BCUT2D eigenvalue weighted by Crippen LogP contribution is -2.10. The van der Waals surface area contributed by atoms with E-state index in [0.717, 1.165) is 21.3 Å². The van der Waals surface area contributed by atoms with Crippen LogP contribution in [0, 0.1) is 20.8 Å². The van der Waals surface area contributed by atoms with Crippen molar-refractivity contribution in [1.29, 1.82) is 0 Å². The number of hydrogen-bond acceptors (Lipinski definition) is 6. The van der Waals surface area contributed by atoms with E-state index in [1.165, 1.54) is 10.4 Å². The van der Waals surface area contributed by atoms with Gasteiger partial charge in [0, 0.05) is 22.8 Å². The maximum absolute atomic E-state index is 5.63. The highest BCUT2D eigenvalue weighted by atomic mass is 32.1. The number of thiophene rings is 1. The maximum Gasteiger partial charge on any atom is 0.165 e. The van der Waals surface area contributed by atoms with Crippen LogP contribution < -0.4 is 11.3 Å². The molecule has 0 spiro atoms. The smallest absolute Gasteiger partial charge is 0.165 e. The van der Waals surface area contributed by atoms with Gasteiger partial charge in [-0.05, 0) is 38.0 Å². The molecule has 3 heterocycles. The summed E-state index contributed by atoms with van der Waals surface area (Å²) in [7, 11) is 0. The Morgan fingerprint density at radius 1 is 1.20 bits per heavy atom. The average Bonchev–Trinajstić information content (AvgIpc) is 2.73. The Morgan fingerprint density at radius 3 is 2.70 bits per heavy atom. The second kappa shape index (κ2) is 4.81. The molecule has 20 heavy (non-hydrogen) atoms. The van der Waals surface area contributed by atoms with Gasteiger partial charge in [0.25, 0.3) is 0 Å². The van der Waals surface area contributed by atoms with Crippen molar-refractivity contribution in [2.24, 2.45) is 5.84 Å². The lowest BCUT2D eigenvalue weighted by molar-refractivity contribution is 1.17. The van der Waals surface area contributed by atoms with Gasteiger partial charge in [-0.1, -0.05) is 0 Å². The number of nitrogens with two attached hydrogens (primary N) is 1. The van der Waals surface area contributed by atoms with Gasteiger partial charge in [0.15, 0.2) is 11.6 Å². The zero-order chi connectivity index (χ0) is 14.3. The molecule has 0 fully saturated rings. The molecule has 0 aliphatic rings. The molecule has 6 heteroatoms. The van der Waals surface area contributed by atoms with Crippen LogP contribution in [0.15, 0.2) is 18.5 Å². The number of rotatable bonds is 2. The van der Waals surface area contributed by atoms with Gasteiger partial charge >= 0.3 is 0 Å². The van der Waals surface area contributed by atoms with Crippen molar-refractivity contribution in [3.63, 3.8) is 0 Å². The highest BCUT2D eigenvalue weighted by Gasteiger charge is 2.15. The molecule has 0 radical (unpaired) electrons. The molecule has 0 saturated carbocycles. The summed E-state index contributed by atoms with van der Waals surface area (Å²) in [5, 5.41) is 1.00. The minimum absolute atomic E-state index is 0.650. The fourth-order valence-electron chi connectivity index (χ4n) is 2.17. The molecule has 0 saturated heterocycles. The van der Waals surface area contributed by atoms with E-state index in [2.05, 4.69) is 34.2 Å². The third kappa shape index (κ3) is 1.93. The number of pyridine rings is 1. The minimum atomic E-state index is 0.650. The quantitative estimate of drug-likeness (QED) is 0.559. The Balaban J connectivity index is 2.32. The number of fused-ring (bicyclic) bond motifs is 1. The third-order valence-electron chi connectivity index (χ3n) is 3.45. The minimum Gasteiger partial charge on any atom is -0.308 e. The molecule has 5 nitrogen and oxygen atoms in total. The van der Waals surface area contributed by atoms with Gasteiger partial charge in [0.2, 0.25) is 0 Å². The van der Waals surface area contributed by atoms with Crippen LogP contribution in [-0.2, 0) is 0 Å². The molecule has 0 bridgehead atoms. The lowest BCUT2D eigenvalue weighted by Gasteiger charge is -2.07. The Bertz CT molecular complexity index is 794. The van der Waals surface area contributed by atoms with E-state index in [1.54, 1.807) is 23.7 Å². The van der Waals surface area contributed by atoms with E-state index in [9.17, 15) is 0 Å². The van der Waals surface area contributed by atoms with Crippen LogP contribution >= 0.6 is 11.3 Å². The van der Waals surface area contributed by atoms with Gasteiger partial charge in [-0.3, -0.25) is 4.98 Å². The van der Waals surface area contributed by atoms with Crippen LogP contribution in [0.25, 0.3) is 21.6 Å². The monoisotopic (exact) mass is 285 g/mol. The van der Waals surface area contributed by atoms with Crippen LogP contribution in [0.5, 0.6) is 0 Å². The van der Waals surface area contributed by atoms with Crippen molar-refractivity contribution in [3.8, 4) is 11.4 Å². The first-order chi connectivity index (χ1) is 9.61. The van der Waals surface area contributed by atoms with Crippen LogP contribution in [0.2, 0.25) is 0 Å². The summed E-state index contributed by atoms with van der Waals surface area (Å²) in [6, 6.07) is 1.95. The molecule has 3 N–H and O–H groups in total. The van der Waals surface area contributed by atoms with Crippen LogP contribution in [0.1, 0.15) is 16.0 Å². The van der Waals surface area contributed by atoms with Crippen LogP contribution in [0.3, 0.4) is 0 Å². The highest BCUT2D eigenvalue weighted by Crippen LogP contribution is 2.34. The molecule has 0 unspecified atom stereocenters. The number of nitrogen functional groups attached to an aromatic ring is 1. The predicted octanol–water partition coefficient (Wildman–Crippen LogP) is 2.96. The largest absolute Gasteiger partial charge is 0.308 e.